The SMILES string of the molecule is CCc1nc([C@@H](N)C(C)(C)C)[nH]c1CC. The van der Waals surface area contributed by atoms with E-state index in [2.05, 4.69) is 44.6 Å². The molecule has 15 heavy (non-hydrogen) atoms. The zero-order valence-corrected chi connectivity index (χ0v) is 10.5. The van der Waals surface area contributed by atoms with Gasteiger partial charge in [-0.3, -0.25) is 0 Å². The smallest absolute Gasteiger partial charge is 0.124 e. The first kappa shape index (κ1) is 12.2. The van der Waals surface area contributed by atoms with Crippen molar-refractivity contribution in [2.24, 2.45) is 11.1 Å². The standard InChI is InChI=1S/C12H23N3/c1-6-8-9(7-2)15-11(14-8)10(13)12(3,4)5/h10H,6-7,13H2,1-5H3,(H,14,15)/t10-/m1/s1. The number of aromatic amines is 1. The van der Waals surface area contributed by atoms with Crippen molar-refractivity contribution >= 4 is 0 Å². The minimum atomic E-state index is -0.0249. The molecule has 86 valence electrons. The molecule has 1 rings (SSSR count). The van der Waals surface area contributed by atoms with Gasteiger partial charge in [-0.1, -0.05) is 34.6 Å². The van der Waals surface area contributed by atoms with Crippen molar-refractivity contribution in [2.75, 3.05) is 0 Å². The van der Waals surface area contributed by atoms with Crippen LogP contribution in [0.1, 0.15) is 57.9 Å². The number of nitrogens with one attached hydrogen (secondary N) is 1. The minimum absolute atomic E-state index is 0.0249. The van der Waals surface area contributed by atoms with Gasteiger partial charge in [-0.05, 0) is 18.3 Å². The third-order valence-electron chi connectivity index (χ3n) is 2.80. The van der Waals surface area contributed by atoms with E-state index in [1.807, 2.05) is 0 Å². The van der Waals surface area contributed by atoms with Crippen LogP contribution < -0.4 is 5.73 Å². The van der Waals surface area contributed by atoms with Crippen LogP contribution >= 0.6 is 0 Å². The molecule has 0 aliphatic heterocycles. The van der Waals surface area contributed by atoms with Gasteiger partial charge < -0.3 is 10.7 Å². The molecule has 0 saturated heterocycles. The van der Waals surface area contributed by atoms with Crippen LogP contribution in [-0.4, -0.2) is 9.97 Å². The van der Waals surface area contributed by atoms with E-state index in [4.69, 9.17) is 5.73 Å². The lowest BCUT2D eigenvalue weighted by atomic mass is 9.87. The highest BCUT2D eigenvalue weighted by Gasteiger charge is 2.25. The fourth-order valence-corrected chi connectivity index (χ4v) is 1.61. The first-order valence-electron chi connectivity index (χ1n) is 5.73. The van der Waals surface area contributed by atoms with Gasteiger partial charge in [-0.15, -0.1) is 0 Å². The second-order valence-corrected chi connectivity index (χ2v) is 5.10. The van der Waals surface area contributed by atoms with Crippen LogP contribution in [0.25, 0.3) is 0 Å². The van der Waals surface area contributed by atoms with Crippen molar-refractivity contribution < 1.29 is 0 Å². The molecule has 1 heterocycles. The minimum Gasteiger partial charge on any atom is -0.344 e. The molecule has 0 radical (unpaired) electrons. The number of hydrogen-bond donors (Lipinski definition) is 2. The number of aromatic nitrogens is 2. The molecule has 0 aliphatic rings. The lowest BCUT2D eigenvalue weighted by Gasteiger charge is -2.25. The summed E-state index contributed by atoms with van der Waals surface area (Å²) in [6.07, 6.45) is 1.96. The Labute approximate surface area is 92.5 Å². The summed E-state index contributed by atoms with van der Waals surface area (Å²) in [4.78, 5) is 7.94. The van der Waals surface area contributed by atoms with E-state index in [0.717, 1.165) is 24.4 Å². The average Bonchev–Trinajstić information content (AvgIpc) is 2.57. The molecule has 0 aliphatic carbocycles. The van der Waals surface area contributed by atoms with Crippen molar-refractivity contribution in [3.63, 3.8) is 0 Å². The summed E-state index contributed by atoms with van der Waals surface area (Å²) in [5.74, 6) is 0.927. The van der Waals surface area contributed by atoms with Crippen LogP contribution in [0.2, 0.25) is 0 Å². The highest BCUT2D eigenvalue weighted by molar-refractivity contribution is 5.17. The van der Waals surface area contributed by atoms with Crippen LogP contribution in [0.5, 0.6) is 0 Å². The summed E-state index contributed by atoms with van der Waals surface area (Å²) in [5, 5.41) is 0. The summed E-state index contributed by atoms with van der Waals surface area (Å²) in [6, 6.07) is -0.0249. The number of aryl methyl sites for hydroxylation is 2. The average molecular weight is 209 g/mol. The Kier molecular flexibility index (Phi) is 3.55. The number of rotatable bonds is 3. The van der Waals surface area contributed by atoms with Gasteiger partial charge >= 0.3 is 0 Å². The molecule has 0 saturated carbocycles. The van der Waals surface area contributed by atoms with E-state index < -0.39 is 0 Å². The highest BCUT2D eigenvalue weighted by atomic mass is 15.0. The number of H-pyrrole nitrogens is 1. The van der Waals surface area contributed by atoms with Gasteiger partial charge in [0.25, 0.3) is 0 Å². The van der Waals surface area contributed by atoms with Gasteiger partial charge in [-0.25, -0.2) is 4.98 Å². The zero-order valence-electron chi connectivity index (χ0n) is 10.5. The van der Waals surface area contributed by atoms with Crippen molar-refractivity contribution in [1.82, 2.24) is 9.97 Å². The largest absolute Gasteiger partial charge is 0.344 e. The van der Waals surface area contributed by atoms with Gasteiger partial charge in [0.15, 0.2) is 0 Å². The lowest BCUT2D eigenvalue weighted by molar-refractivity contribution is 0.316. The van der Waals surface area contributed by atoms with Crippen molar-refractivity contribution in [2.45, 2.75) is 53.5 Å². The van der Waals surface area contributed by atoms with Crippen LogP contribution in [0.15, 0.2) is 0 Å². The fourth-order valence-electron chi connectivity index (χ4n) is 1.61. The molecule has 0 spiro atoms. The molecule has 0 amide bonds. The monoisotopic (exact) mass is 209 g/mol. The Balaban J connectivity index is 3.01. The molecule has 0 bridgehead atoms. The predicted octanol–water partition coefficient (Wildman–Crippen LogP) is 2.58. The molecular formula is C12H23N3. The second kappa shape index (κ2) is 4.35. The quantitative estimate of drug-likeness (QED) is 0.804. The van der Waals surface area contributed by atoms with Crippen LogP contribution in [0.3, 0.4) is 0 Å². The van der Waals surface area contributed by atoms with Gasteiger partial charge in [0.05, 0.1) is 11.7 Å². The molecular weight excluding hydrogens is 186 g/mol. The van der Waals surface area contributed by atoms with E-state index in [0.29, 0.717) is 0 Å². The van der Waals surface area contributed by atoms with Crippen LogP contribution in [-0.2, 0) is 12.8 Å². The van der Waals surface area contributed by atoms with E-state index in [1.54, 1.807) is 0 Å². The Bertz CT molecular complexity index is 299. The zero-order chi connectivity index (χ0) is 11.6. The Hall–Kier alpha value is -0.830. The first-order chi connectivity index (χ1) is 6.90. The van der Waals surface area contributed by atoms with Crippen LogP contribution in [0, 0.1) is 5.41 Å². The summed E-state index contributed by atoms with van der Waals surface area (Å²) >= 11 is 0. The van der Waals surface area contributed by atoms with Crippen molar-refractivity contribution in [3.05, 3.63) is 17.2 Å². The first-order valence-corrected chi connectivity index (χ1v) is 5.73. The number of imidazole rings is 1. The van der Waals surface area contributed by atoms with E-state index >= 15 is 0 Å². The van der Waals surface area contributed by atoms with E-state index in [9.17, 15) is 0 Å². The Morgan fingerprint density at radius 1 is 1.27 bits per heavy atom. The van der Waals surface area contributed by atoms with Gasteiger partial charge in [0.1, 0.15) is 5.82 Å². The summed E-state index contributed by atoms with van der Waals surface area (Å²) in [6.45, 7) is 10.7. The molecule has 1 aromatic rings. The van der Waals surface area contributed by atoms with Gasteiger partial charge in [0, 0.05) is 5.69 Å². The molecule has 3 heteroatoms. The number of hydrogen-bond acceptors (Lipinski definition) is 2. The maximum absolute atomic E-state index is 6.17. The number of nitrogens with two attached hydrogens (primary N) is 1. The molecule has 3 N–H and O–H groups in total. The van der Waals surface area contributed by atoms with E-state index in [1.165, 1.54) is 5.69 Å². The summed E-state index contributed by atoms with van der Waals surface area (Å²) in [7, 11) is 0. The normalized spacial score (nSPS) is 14.3. The lowest BCUT2D eigenvalue weighted by Crippen LogP contribution is -2.27. The van der Waals surface area contributed by atoms with Crippen molar-refractivity contribution in [1.29, 1.82) is 0 Å². The third kappa shape index (κ3) is 2.59. The third-order valence-corrected chi connectivity index (χ3v) is 2.80. The van der Waals surface area contributed by atoms with Gasteiger partial charge in [0.2, 0.25) is 0 Å². The molecule has 3 nitrogen and oxygen atoms in total. The van der Waals surface area contributed by atoms with Crippen LogP contribution in [0.4, 0.5) is 0 Å². The Morgan fingerprint density at radius 3 is 2.20 bits per heavy atom. The number of nitrogens with zero attached hydrogens (tertiary/aromatic N) is 1. The molecule has 1 atom stereocenters. The Morgan fingerprint density at radius 2 is 1.87 bits per heavy atom. The summed E-state index contributed by atoms with van der Waals surface area (Å²) in [5.41, 5.74) is 8.61. The molecule has 0 unspecified atom stereocenters. The fraction of sp³-hybridized carbons (Fsp3) is 0.750. The van der Waals surface area contributed by atoms with Gasteiger partial charge in [-0.2, -0.15) is 0 Å². The second-order valence-electron chi connectivity index (χ2n) is 5.10. The maximum atomic E-state index is 6.17. The maximum Gasteiger partial charge on any atom is 0.124 e. The molecule has 0 fully saturated rings. The highest BCUT2D eigenvalue weighted by Crippen LogP contribution is 2.29. The predicted molar refractivity (Wildman–Crippen MR) is 63.7 cm³/mol. The summed E-state index contributed by atoms with van der Waals surface area (Å²) < 4.78 is 0. The molecule has 0 aromatic carbocycles. The topological polar surface area (TPSA) is 54.7 Å². The van der Waals surface area contributed by atoms with E-state index in [-0.39, 0.29) is 11.5 Å². The van der Waals surface area contributed by atoms with Crippen molar-refractivity contribution in [3.8, 4) is 0 Å². The molecule has 1 aromatic heterocycles.